The first-order valence-corrected chi connectivity index (χ1v) is 10.3. The molecule has 3 aliphatic rings. The molecule has 1 heterocycles. The van der Waals surface area contributed by atoms with Crippen molar-refractivity contribution in [2.45, 2.75) is 45.2 Å². The van der Waals surface area contributed by atoms with Gasteiger partial charge in [0.15, 0.2) is 6.61 Å². The normalized spacial score (nSPS) is 29.5. The standard InChI is InChI=1S/C22H26N2O5/c1-12(14-6-4-3-5-7-14)23-17(25)11-29-22(28)13(2)24-20(26)18-15-8-9-16(10-15)19(18)21(24)27/h3-7,12-13,15-16,18-19H,8-11H2,1-2H3,(H,23,25)/t12-,13+,15-,16+,18-,19+/m0/s1. The van der Waals surface area contributed by atoms with Crippen LogP contribution in [-0.4, -0.2) is 41.2 Å². The number of imide groups is 1. The number of hydrogen-bond acceptors (Lipinski definition) is 5. The number of nitrogens with one attached hydrogen (secondary N) is 1. The molecular formula is C22H26N2O5. The second-order valence-corrected chi connectivity index (χ2v) is 8.41. The predicted octanol–water partition coefficient (Wildman–Crippen LogP) is 1.83. The number of hydrogen-bond donors (Lipinski definition) is 1. The fraction of sp³-hybridized carbons (Fsp3) is 0.545. The number of benzene rings is 1. The minimum atomic E-state index is -1.01. The molecule has 0 spiro atoms. The summed E-state index contributed by atoms with van der Waals surface area (Å²) >= 11 is 0. The van der Waals surface area contributed by atoms with Crippen LogP contribution in [0.2, 0.25) is 0 Å². The summed E-state index contributed by atoms with van der Waals surface area (Å²) in [5.41, 5.74) is 0.940. The smallest absolute Gasteiger partial charge is 0.329 e. The number of fused-ring (bicyclic) bond motifs is 5. The third-order valence-electron chi connectivity index (χ3n) is 6.71. The van der Waals surface area contributed by atoms with Crippen LogP contribution in [0.1, 0.15) is 44.7 Å². The Bertz CT molecular complexity index is 811. The highest BCUT2D eigenvalue weighted by molar-refractivity contribution is 6.08. The maximum Gasteiger partial charge on any atom is 0.329 e. The van der Waals surface area contributed by atoms with Gasteiger partial charge in [-0.05, 0) is 50.5 Å². The Morgan fingerprint density at radius 1 is 1.07 bits per heavy atom. The van der Waals surface area contributed by atoms with Crippen LogP contribution in [0.5, 0.6) is 0 Å². The molecule has 2 aliphatic carbocycles. The minimum Gasteiger partial charge on any atom is -0.454 e. The molecule has 2 bridgehead atoms. The van der Waals surface area contributed by atoms with Crippen LogP contribution in [0.15, 0.2) is 30.3 Å². The van der Waals surface area contributed by atoms with Gasteiger partial charge in [-0.2, -0.15) is 0 Å². The van der Waals surface area contributed by atoms with Crippen LogP contribution in [0, 0.1) is 23.7 Å². The number of likely N-dealkylation sites (tertiary alicyclic amines) is 1. The average Bonchev–Trinajstić information content (AvgIpc) is 3.40. The van der Waals surface area contributed by atoms with Crippen molar-refractivity contribution in [2.75, 3.05) is 6.61 Å². The lowest BCUT2D eigenvalue weighted by molar-refractivity contribution is -0.160. The molecule has 1 saturated heterocycles. The molecule has 4 rings (SSSR count). The predicted molar refractivity (Wildman–Crippen MR) is 103 cm³/mol. The molecule has 7 heteroatoms. The van der Waals surface area contributed by atoms with Crippen LogP contribution in [-0.2, 0) is 23.9 Å². The van der Waals surface area contributed by atoms with E-state index in [-0.39, 0.29) is 41.5 Å². The zero-order chi connectivity index (χ0) is 20.7. The highest BCUT2D eigenvalue weighted by Crippen LogP contribution is 2.56. The maximum atomic E-state index is 12.8. The molecular weight excluding hydrogens is 372 g/mol. The average molecular weight is 398 g/mol. The van der Waals surface area contributed by atoms with E-state index in [1.807, 2.05) is 37.3 Å². The number of rotatable bonds is 6. The van der Waals surface area contributed by atoms with Crippen LogP contribution in [0.4, 0.5) is 0 Å². The van der Waals surface area contributed by atoms with E-state index >= 15 is 0 Å². The number of carbonyl (C=O) groups excluding carboxylic acids is 4. The first-order valence-electron chi connectivity index (χ1n) is 10.3. The lowest BCUT2D eigenvalue weighted by Crippen LogP contribution is -2.46. The fourth-order valence-corrected chi connectivity index (χ4v) is 5.28. The molecule has 6 atom stereocenters. The topological polar surface area (TPSA) is 92.8 Å². The molecule has 2 saturated carbocycles. The first-order chi connectivity index (χ1) is 13.9. The van der Waals surface area contributed by atoms with Crippen molar-refractivity contribution in [2.24, 2.45) is 23.7 Å². The summed E-state index contributed by atoms with van der Waals surface area (Å²) in [5.74, 6) is -1.69. The van der Waals surface area contributed by atoms with E-state index in [1.54, 1.807) is 0 Å². The van der Waals surface area contributed by atoms with E-state index in [9.17, 15) is 19.2 Å². The fourth-order valence-electron chi connectivity index (χ4n) is 5.28. The van der Waals surface area contributed by atoms with Gasteiger partial charge >= 0.3 is 5.97 Å². The van der Waals surface area contributed by atoms with Crippen molar-refractivity contribution < 1.29 is 23.9 Å². The Hall–Kier alpha value is -2.70. The van der Waals surface area contributed by atoms with Gasteiger partial charge in [0.1, 0.15) is 6.04 Å². The summed E-state index contributed by atoms with van der Waals surface area (Å²) in [6.45, 7) is 2.88. The third-order valence-corrected chi connectivity index (χ3v) is 6.71. The Balaban J connectivity index is 1.31. The molecule has 7 nitrogen and oxygen atoms in total. The van der Waals surface area contributed by atoms with E-state index in [0.29, 0.717) is 0 Å². The van der Waals surface area contributed by atoms with E-state index in [1.165, 1.54) is 6.92 Å². The molecule has 1 aromatic rings. The Morgan fingerprint density at radius 3 is 2.24 bits per heavy atom. The second-order valence-electron chi connectivity index (χ2n) is 8.41. The van der Waals surface area contributed by atoms with Gasteiger partial charge in [0.25, 0.3) is 5.91 Å². The number of nitrogens with zero attached hydrogens (tertiary/aromatic N) is 1. The summed E-state index contributed by atoms with van der Waals surface area (Å²) in [4.78, 5) is 51.2. The molecule has 0 radical (unpaired) electrons. The Morgan fingerprint density at radius 2 is 1.66 bits per heavy atom. The molecule has 0 aromatic heterocycles. The zero-order valence-corrected chi connectivity index (χ0v) is 16.7. The molecule has 0 unspecified atom stereocenters. The van der Waals surface area contributed by atoms with Crippen molar-refractivity contribution >= 4 is 23.7 Å². The van der Waals surface area contributed by atoms with E-state index in [4.69, 9.17) is 4.74 Å². The van der Waals surface area contributed by atoms with Gasteiger partial charge in [0, 0.05) is 0 Å². The first kappa shape index (κ1) is 19.6. The number of esters is 1. The summed E-state index contributed by atoms with van der Waals surface area (Å²) in [6, 6.07) is 8.20. The quantitative estimate of drug-likeness (QED) is 0.583. The van der Waals surface area contributed by atoms with Crippen molar-refractivity contribution in [3.8, 4) is 0 Å². The van der Waals surface area contributed by atoms with Crippen molar-refractivity contribution in [1.82, 2.24) is 10.2 Å². The molecule has 1 aliphatic heterocycles. The Kier molecular flexibility index (Phi) is 5.15. The summed E-state index contributed by atoms with van der Waals surface area (Å²) in [6.07, 6.45) is 2.91. The maximum absolute atomic E-state index is 12.8. The lowest BCUT2D eigenvalue weighted by atomic mass is 9.81. The monoisotopic (exact) mass is 398 g/mol. The molecule has 3 fully saturated rings. The zero-order valence-electron chi connectivity index (χ0n) is 16.7. The highest BCUT2D eigenvalue weighted by Gasteiger charge is 2.62. The SMILES string of the molecule is C[C@H](NC(=O)COC(=O)[C@@H](C)N1C(=O)[C@@H]2[C@@H]3CC[C@@H](C3)[C@@H]2C1=O)c1ccccc1. The molecule has 29 heavy (non-hydrogen) atoms. The molecule has 154 valence electrons. The van der Waals surface area contributed by atoms with Gasteiger partial charge in [0.2, 0.25) is 11.8 Å². The van der Waals surface area contributed by atoms with Crippen LogP contribution in [0.3, 0.4) is 0 Å². The Labute approximate surface area is 169 Å². The van der Waals surface area contributed by atoms with E-state index in [0.717, 1.165) is 29.7 Å². The van der Waals surface area contributed by atoms with Gasteiger partial charge in [-0.25, -0.2) is 4.79 Å². The summed E-state index contributed by atoms with van der Waals surface area (Å²) in [7, 11) is 0. The number of carbonyl (C=O) groups is 4. The number of amides is 3. The highest BCUT2D eigenvalue weighted by atomic mass is 16.5. The number of ether oxygens (including phenoxy) is 1. The van der Waals surface area contributed by atoms with Crippen LogP contribution in [0.25, 0.3) is 0 Å². The van der Waals surface area contributed by atoms with Crippen molar-refractivity contribution in [1.29, 1.82) is 0 Å². The van der Waals surface area contributed by atoms with Gasteiger partial charge < -0.3 is 10.1 Å². The van der Waals surface area contributed by atoms with Crippen molar-refractivity contribution in [3.63, 3.8) is 0 Å². The van der Waals surface area contributed by atoms with Gasteiger partial charge in [-0.1, -0.05) is 30.3 Å². The summed E-state index contributed by atoms with van der Waals surface area (Å²) in [5, 5.41) is 2.77. The van der Waals surface area contributed by atoms with E-state index < -0.39 is 24.5 Å². The van der Waals surface area contributed by atoms with Crippen LogP contribution < -0.4 is 5.32 Å². The van der Waals surface area contributed by atoms with Crippen LogP contribution >= 0.6 is 0 Å². The molecule has 1 aromatic carbocycles. The minimum absolute atomic E-state index is 0.226. The third kappa shape index (κ3) is 3.43. The largest absolute Gasteiger partial charge is 0.454 e. The van der Waals surface area contributed by atoms with Gasteiger partial charge in [0.05, 0.1) is 17.9 Å². The van der Waals surface area contributed by atoms with Gasteiger partial charge in [-0.15, -0.1) is 0 Å². The summed E-state index contributed by atoms with van der Waals surface area (Å²) < 4.78 is 5.11. The molecule has 1 N–H and O–H groups in total. The lowest BCUT2D eigenvalue weighted by Gasteiger charge is -2.23. The van der Waals surface area contributed by atoms with E-state index in [2.05, 4.69) is 5.32 Å². The second kappa shape index (κ2) is 7.61. The van der Waals surface area contributed by atoms with Crippen molar-refractivity contribution in [3.05, 3.63) is 35.9 Å². The van der Waals surface area contributed by atoms with Gasteiger partial charge in [-0.3, -0.25) is 19.3 Å². The molecule has 3 amide bonds.